The van der Waals surface area contributed by atoms with Crippen molar-refractivity contribution < 1.29 is 24.3 Å². The number of carbonyl (C=O) groups is 4. The smallest absolute Gasteiger partial charge is 0.325 e. The van der Waals surface area contributed by atoms with E-state index >= 15 is 0 Å². The zero-order chi connectivity index (χ0) is 17.4. The highest BCUT2D eigenvalue weighted by Crippen LogP contribution is 2.05. The molecule has 0 saturated carbocycles. The van der Waals surface area contributed by atoms with Gasteiger partial charge < -0.3 is 21.1 Å². The number of amides is 3. The Kier molecular flexibility index (Phi) is 8.14. The van der Waals surface area contributed by atoms with Crippen LogP contribution in [0.4, 0.5) is 0 Å². The first-order valence-electron chi connectivity index (χ1n) is 7.15. The molecule has 0 bridgehead atoms. The van der Waals surface area contributed by atoms with Crippen molar-refractivity contribution in [3.63, 3.8) is 0 Å². The number of hydrogen-bond donors (Lipinski definition) is 4. The highest BCUT2D eigenvalue weighted by Gasteiger charge is 2.25. The van der Waals surface area contributed by atoms with Crippen molar-refractivity contribution in [2.45, 2.75) is 59.2 Å². The van der Waals surface area contributed by atoms with Gasteiger partial charge >= 0.3 is 5.97 Å². The molecule has 0 spiro atoms. The van der Waals surface area contributed by atoms with Crippen molar-refractivity contribution in [1.29, 1.82) is 0 Å². The van der Waals surface area contributed by atoms with Gasteiger partial charge in [-0.3, -0.25) is 19.2 Å². The lowest BCUT2D eigenvalue weighted by Crippen LogP contribution is -2.54. The molecule has 126 valence electrons. The maximum absolute atomic E-state index is 12.1. The van der Waals surface area contributed by atoms with Crippen LogP contribution in [0.5, 0.6) is 0 Å². The van der Waals surface area contributed by atoms with Crippen molar-refractivity contribution >= 4 is 23.7 Å². The Balaban J connectivity index is 4.66. The van der Waals surface area contributed by atoms with E-state index in [0.29, 0.717) is 6.42 Å². The van der Waals surface area contributed by atoms with Gasteiger partial charge in [-0.15, -0.1) is 0 Å². The van der Waals surface area contributed by atoms with Gasteiger partial charge in [0, 0.05) is 6.92 Å². The molecule has 22 heavy (non-hydrogen) atoms. The predicted octanol–water partition coefficient (Wildman–Crippen LogP) is -0.369. The quantitative estimate of drug-likeness (QED) is 0.486. The SMILES string of the molecule is CC(=O)N[C@@H](CC(C)C)C(=O)N[C@@H](C)C(=O)N[C@@H](C)C(=O)O. The minimum atomic E-state index is -1.16. The Morgan fingerprint density at radius 1 is 0.864 bits per heavy atom. The lowest BCUT2D eigenvalue weighted by atomic mass is 10.0. The lowest BCUT2D eigenvalue weighted by molar-refractivity contribution is -0.141. The van der Waals surface area contributed by atoms with Gasteiger partial charge in [0.1, 0.15) is 18.1 Å². The van der Waals surface area contributed by atoms with Crippen LogP contribution in [0.25, 0.3) is 0 Å². The molecule has 0 aromatic rings. The van der Waals surface area contributed by atoms with Crippen molar-refractivity contribution in [3.8, 4) is 0 Å². The number of rotatable bonds is 8. The number of carboxylic acid groups (broad SMARTS) is 1. The first kappa shape index (κ1) is 19.9. The zero-order valence-electron chi connectivity index (χ0n) is 13.6. The molecule has 0 fully saturated rings. The summed E-state index contributed by atoms with van der Waals surface area (Å²) in [5.74, 6) is -2.40. The van der Waals surface area contributed by atoms with E-state index in [1.165, 1.54) is 20.8 Å². The fraction of sp³-hybridized carbons (Fsp3) is 0.714. The summed E-state index contributed by atoms with van der Waals surface area (Å²) < 4.78 is 0. The first-order valence-corrected chi connectivity index (χ1v) is 7.15. The minimum absolute atomic E-state index is 0.179. The first-order chi connectivity index (χ1) is 10.0. The summed E-state index contributed by atoms with van der Waals surface area (Å²) in [4.78, 5) is 45.7. The normalized spacial score (nSPS) is 14.6. The Morgan fingerprint density at radius 3 is 1.77 bits per heavy atom. The average molecular weight is 315 g/mol. The topological polar surface area (TPSA) is 125 Å². The number of nitrogens with one attached hydrogen (secondary N) is 3. The minimum Gasteiger partial charge on any atom is -0.480 e. The molecule has 0 aliphatic rings. The molecule has 0 radical (unpaired) electrons. The van der Waals surface area contributed by atoms with E-state index in [1.54, 1.807) is 0 Å². The third kappa shape index (κ3) is 7.61. The molecule has 0 aromatic carbocycles. The highest BCUT2D eigenvalue weighted by molar-refractivity contribution is 5.92. The molecule has 0 heterocycles. The summed E-state index contributed by atoms with van der Waals surface area (Å²) in [6.45, 7) is 7.90. The lowest BCUT2D eigenvalue weighted by Gasteiger charge is -2.22. The van der Waals surface area contributed by atoms with Crippen LogP contribution in [0.1, 0.15) is 41.0 Å². The van der Waals surface area contributed by atoms with E-state index in [1.807, 2.05) is 13.8 Å². The summed E-state index contributed by atoms with van der Waals surface area (Å²) in [7, 11) is 0. The van der Waals surface area contributed by atoms with Crippen molar-refractivity contribution in [1.82, 2.24) is 16.0 Å². The van der Waals surface area contributed by atoms with E-state index in [9.17, 15) is 19.2 Å². The second-order valence-electron chi connectivity index (χ2n) is 5.68. The molecule has 0 aliphatic heterocycles. The Morgan fingerprint density at radius 2 is 1.36 bits per heavy atom. The Labute approximate surface area is 130 Å². The number of carbonyl (C=O) groups excluding carboxylic acids is 3. The molecule has 0 unspecified atom stereocenters. The van der Waals surface area contributed by atoms with E-state index < -0.39 is 35.9 Å². The zero-order valence-corrected chi connectivity index (χ0v) is 13.6. The van der Waals surface area contributed by atoms with Crippen LogP contribution < -0.4 is 16.0 Å². The van der Waals surface area contributed by atoms with Gasteiger partial charge in [0.25, 0.3) is 0 Å². The fourth-order valence-corrected chi connectivity index (χ4v) is 1.73. The van der Waals surface area contributed by atoms with Crippen LogP contribution in [-0.4, -0.2) is 46.9 Å². The maximum atomic E-state index is 12.1. The van der Waals surface area contributed by atoms with Crippen LogP contribution in [0, 0.1) is 5.92 Å². The maximum Gasteiger partial charge on any atom is 0.325 e. The van der Waals surface area contributed by atoms with Gasteiger partial charge in [-0.05, 0) is 26.2 Å². The number of carboxylic acids is 1. The largest absolute Gasteiger partial charge is 0.480 e. The molecular formula is C14H25N3O5. The molecule has 8 nitrogen and oxygen atoms in total. The standard InChI is InChI=1S/C14H25N3O5/c1-7(2)6-11(17-10(5)18)13(20)15-8(3)12(19)16-9(4)14(21)22/h7-9,11H,6H2,1-5H3,(H,15,20)(H,16,19)(H,17,18)(H,21,22)/t8-,9-,11-/m0/s1. The third-order valence-electron chi connectivity index (χ3n) is 2.88. The van der Waals surface area contributed by atoms with Crippen LogP contribution >= 0.6 is 0 Å². The van der Waals surface area contributed by atoms with Gasteiger partial charge in [-0.1, -0.05) is 13.8 Å². The molecule has 3 atom stereocenters. The summed E-state index contributed by atoms with van der Waals surface area (Å²) >= 11 is 0. The molecule has 0 aromatic heterocycles. The van der Waals surface area contributed by atoms with Gasteiger partial charge in [0.15, 0.2) is 0 Å². The summed E-state index contributed by atoms with van der Waals surface area (Å²) in [5.41, 5.74) is 0. The van der Waals surface area contributed by atoms with Crippen LogP contribution in [0.3, 0.4) is 0 Å². The molecule has 4 N–H and O–H groups in total. The summed E-state index contributed by atoms with van der Waals surface area (Å²) in [5, 5.41) is 16.0. The second-order valence-corrected chi connectivity index (χ2v) is 5.68. The molecule has 0 saturated heterocycles. The van der Waals surface area contributed by atoms with Crippen molar-refractivity contribution in [2.24, 2.45) is 5.92 Å². The van der Waals surface area contributed by atoms with E-state index in [0.717, 1.165) is 0 Å². The van der Waals surface area contributed by atoms with Crippen molar-refractivity contribution in [3.05, 3.63) is 0 Å². The van der Waals surface area contributed by atoms with Gasteiger partial charge in [0.2, 0.25) is 17.7 Å². The van der Waals surface area contributed by atoms with Crippen LogP contribution in [0.2, 0.25) is 0 Å². The third-order valence-corrected chi connectivity index (χ3v) is 2.88. The molecule has 0 aliphatic carbocycles. The number of aliphatic carboxylic acids is 1. The highest BCUT2D eigenvalue weighted by atomic mass is 16.4. The predicted molar refractivity (Wildman–Crippen MR) is 79.9 cm³/mol. The van der Waals surface area contributed by atoms with E-state index in [-0.39, 0.29) is 11.8 Å². The summed E-state index contributed by atoms with van der Waals surface area (Å²) in [6.07, 6.45) is 0.436. The van der Waals surface area contributed by atoms with Crippen LogP contribution in [0.15, 0.2) is 0 Å². The molecule has 3 amide bonds. The average Bonchev–Trinajstić information content (AvgIpc) is 2.36. The summed E-state index contributed by atoms with van der Waals surface area (Å²) in [6, 6.07) is -2.68. The van der Waals surface area contributed by atoms with Gasteiger partial charge in [0.05, 0.1) is 0 Å². The molecule has 8 heteroatoms. The Hall–Kier alpha value is -2.12. The number of hydrogen-bond acceptors (Lipinski definition) is 4. The monoisotopic (exact) mass is 315 g/mol. The second kappa shape index (κ2) is 9.01. The molecular weight excluding hydrogens is 290 g/mol. The molecule has 0 rings (SSSR count). The fourth-order valence-electron chi connectivity index (χ4n) is 1.73. The van der Waals surface area contributed by atoms with E-state index in [4.69, 9.17) is 5.11 Å². The Bertz CT molecular complexity index is 436. The van der Waals surface area contributed by atoms with Crippen molar-refractivity contribution in [2.75, 3.05) is 0 Å². The van der Waals surface area contributed by atoms with Gasteiger partial charge in [-0.25, -0.2) is 0 Å². The van der Waals surface area contributed by atoms with Crippen LogP contribution in [-0.2, 0) is 19.2 Å². The van der Waals surface area contributed by atoms with E-state index in [2.05, 4.69) is 16.0 Å². The van der Waals surface area contributed by atoms with Gasteiger partial charge in [-0.2, -0.15) is 0 Å².